The van der Waals surface area contributed by atoms with Crippen molar-refractivity contribution in [3.8, 4) is 17.6 Å². The Kier molecular flexibility index (Phi) is 4.14. The molecule has 0 aliphatic heterocycles. The van der Waals surface area contributed by atoms with E-state index in [1.165, 1.54) is 0 Å². The van der Waals surface area contributed by atoms with Crippen LogP contribution in [0.5, 0.6) is 11.5 Å². The van der Waals surface area contributed by atoms with E-state index in [1.807, 2.05) is 13.8 Å². The number of rotatable bonds is 6. The smallest absolute Gasteiger partial charge is 0.244 e. The van der Waals surface area contributed by atoms with Gasteiger partial charge in [0.25, 0.3) is 0 Å². The zero-order valence-electron chi connectivity index (χ0n) is 11.7. The first-order chi connectivity index (χ1) is 9.65. The first-order valence-corrected chi connectivity index (χ1v) is 6.77. The van der Waals surface area contributed by atoms with Crippen LogP contribution >= 0.6 is 0 Å². The predicted molar refractivity (Wildman–Crippen MR) is 74.7 cm³/mol. The maximum Gasteiger partial charge on any atom is 0.244 e. The summed E-state index contributed by atoms with van der Waals surface area (Å²) in [5, 5.41) is 11.8. The number of hydrogen-bond acceptors (Lipinski definition) is 4. The van der Waals surface area contributed by atoms with Crippen molar-refractivity contribution < 1.29 is 14.3 Å². The summed E-state index contributed by atoms with van der Waals surface area (Å²) >= 11 is 0. The molecule has 0 radical (unpaired) electrons. The summed E-state index contributed by atoms with van der Waals surface area (Å²) < 4.78 is 11.0. The molecule has 0 bridgehead atoms. The fourth-order valence-corrected chi connectivity index (χ4v) is 1.89. The van der Waals surface area contributed by atoms with Crippen LogP contribution in [-0.4, -0.2) is 19.1 Å². The Morgan fingerprint density at radius 1 is 1.30 bits per heavy atom. The number of nitrogens with one attached hydrogen (secondary N) is 1. The molecule has 1 aromatic rings. The Hall–Kier alpha value is -2.22. The summed E-state index contributed by atoms with van der Waals surface area (Å²) in [4.78, 5) is 12.0. The molecule has 0 atom stereocenters. The van der Waals surface area contributed by atoms with Gasteiger partial charge in [-0.25, -0.2) is 0 Å². The van der Waals surface area contributed by atoms with Gasteiger partial charge in [0.2, 0.25) is 5.91 Å². The molecule has 106 valence electrons. The average molecular weight is 274 g/mol. The van der Waals surface area contributed by atoms with E-state index < -0.39 is 5.41 Å². The molecule has 0 aromatic heterocycles. The van der Waals surface area contributed by atoms with E-state index in [0.29, 0.717) is 43.2 Å². The third-order valence-electron chi connectivity index (χ3n) is 3.20. The number of benzene rings is 1. The normalized spacial score (nSPS) is 15.1. The van der Waals surface area contributed by atoms with E-state index in [1.54, 1.807) is 18.2 Å². The van der Waals surface area contributed by atoms with Crippen molar-refractivity contribution in [1.82, 2.24) is 0 Å². The van der Waals surface area contributed by atoms with Crippen molar-refractivity contribution in [1.29, 1.82) is 5.26 Å². The van der Waals surface area contributed by atoms with Gasteiger partial charge in [-0.05, 0) is 38.8 Å². The first kappa shape index (κ1) is 14.2. The minimum Gasteiger partial charge on any atom is -0.490 e. The Balaban J connectivity index is 2.14. The first-order valence-electron chi connectivity index (χ1n) is 6.77. The third kappa shape index (κ3) is 2.85. The molecule has 5 heteroatoms. The van der Waals surface area contributed by atoms with Gasteiger partial charge in [0.1, 0.15) is 5.41 Å². The number of carbonyl (C=O) groups excluding carboxylic acids is 1. The molecule has 1 amide bonds. The maximum atomic E-state index is 12.0. The molecule has 1 aliphatic carbocycles. The van der Waals surface area contributed by atoms with E-state index in [9.17, 15) is 4.79 Å². The van der Waals surface area contributed by atoms with Gasteiger partial charge in [0.15, 0.2) is 11.5 Å². The Morgan fingerprint density at radius 2 is 1.95 bits per heavy atom. The van der Waals surface area contributed by atoms with E-state index in [-0.39, 0.29) is 5.91 Å². The molecule has 0 heterocycles. The van der Waals surface area contributed by atoms with Crippen LogP contribution in [0.4, 0.5) is 5.69 Å². The van der Waals surface area contributed by atoms with Crippen molar-refractivity contribution >= 4 is 11.6 Å². The molecule has 0 unspecified atom stereocenters. The number of nitriles is 1. The highest BCUT2D eigenvalue weighted by Gasteiger charge is 2.50. The number of hydrogen-bond donors (Lipinski definition) is 1. The SMILES string of the molecule is CCOc1ccc(NC(=O)C2(C#N)CC2)cc1OCC. The van der Waals surface area contributed by atoms with E-state index in [4.69, 9.17) is 14.7 Å². The lowest BCUT2D eigenvalue weighted by Crippen LogP contribution is -2.22. The second kappa shape index (κ2) is 5.83. The number of nitrogens with zero attached hydrogens (tertiary/aromatic N) is 1. The molecule has 1 aliphatic rings. The Bertz CT molecular complexity index is 545. The number of ether oxygens (including phenoxy) is 2. The van der Waals surface area contributed by atoms with Crippen LogP contribution in [0.1, 0.15) is 26.7 Å². The summed E-state index contributed by atoms with van der Waals surface area (Å²) in [6.45, 7) is 4.84. The summed E-state index contributed by atoms with van der Waals surface area (Å²) in [5.41, 5.74) is -0.215. The topological polar surface area (TPSA) is 71.3 Å². The van der Waals surface area contributed by atoms with Crippen LogP contribution < -0.4 is 14.8 Å². The zero-order chi connectivity index (χ0) is 14.6. The standard InChI is InChI=1S/C15H18N2O3/c1-3-19-12-6-5-11(9-13(12)20-4-2)17-14(18)15(10-16)7-8-15/h5-6,9H,3-4,7-8H2,1-2H3,(H,17,18). The minimum absolute atomic E-state index is 0.244. The van der Waals surface area contributed by atoms with Crippen LogP contribution in [0.3, 0.4) is 0 Å². The number of anilines is 1. The highest BCUT2D eigenvalue weighted by atomic mass is 16.5. The van der Waals surface area contributed by atoms with E-state index in [0.717, 1.165) is 0 Å². The van der Waals surface area contributed by atoms with Crippen LogP contribution in [0.15, 0.2) is 18.2 Å². The molecule has 0 saturated heterocycles. The Morgan fingerprint density at radius 3 is 2.50 bits per heavy atom. The van der Waals surface area contributed by atoms with Gasteiger partial charge in [0.05, 0.1) is 19.3 Å². The van der Waals surface area contributed by atoms with Crippen LogP contribution in [-0.2, 0) is 4.79 Å². The fourth-order valence-electron chi connectivity index (χ4n) is 1.89. The van der Waals surface area contributed by atoms with Crippen LogP contribution in [0.25, 0.3) is 0 Å². The van der Waals surface area contributed by atoms with Crippen molar-refractivity contribution in [2.45, 2.75) is 26.7 Å². The summed E-state index contributed by atoms with van der Waals surface area (Å²) in [5.74, 6) is 0.995. The molecule has 1 fully saturated rings. The molecular weight excluding hydrogens is 256 g/mol. The quantitative estimate of drug-likeness (QED) is 0.865. The van der Waals surface area contributed by atoms with Gasteiger partial charge < -0.3 is 14.8 Å². The van der Waals surface area contributed by atoms with Gasteiger partial charge >= 0.3 is 0 Å². The van der Waals surface area contributed by atoms with E-state index >= 15 is 0 Å². The van der Waals surface area contributed by atoms with Crippen molar-refractivity contribution in [2.75, 3.05) is 18.5 Å². The van der Waals surface area contributed by atoms with Crippen molar-refractivity contribution in [3.63, 3.8) is 0 Å². The molecule has 2 rings (SSSR count). The number of amides is 1. The van der Waals surface area contributed by atoms with Crippen molar-refractivity contribution in [2.24, 2.45) is 5.41 Å². The molecule has 5 nitrogen and oxygen atoms in total. The van der Waals surface area contributed by atoms with Gasteiger partial charge in [-0.3, -0.25) is 4.79 Å². The lowest BCUT2D eigenvalue weighted by molar-refractivity contribution is -0.119. The summed E-state index contributed by atoms with van der Waals surface area (Å²) in [6.07, 6.45) is 1.26. The van der Waals surface area contributed by atoms with E-state index in [2.05, 4.69) is 11.4 Å². The van der Waals surface area contributed by atoms with Crippen LogP contribution in [0, 0.1) is 16.7 Å². The van der Waals surface area contributed by atoms with Gasteiger partial charge in [-0.1, -0.05) is 0 Å². The highest BCUT2D eigenvalue weighted by molar-refractivity contribution is 5.99. The second-order valence-corrected chi connectivity index (χ2v) is 4.68. The molecule has 1 saturated carbocycles. The predicted octanol–water partition coefficient (Wildman–Crippen LogP) is 2.73. The molecule has 1 N–H and O–H groups in total. The summed E-state index contributed by atoms with van der Waals surface area (Å²) in [6, 6.07) is 7.31. The monoisotopic (exact) mass is 274 g/mol. The minimum atomic E-state index is -0.829. The lowest BCUT2D eigenvalue weighted by atomic mass is 10.1. The van der Waals surface area contributed by atoms with Gasteiger partial charge in [-0.2, -0.15) is 5.26 Å². The summed E-state index contributed by atoms with van der Waals surface area (Å²) in [7, 11) is 0. The molecular formula is C15H18N2O3. The van der Waals surface area contributed by atoms with Gasteiger partial charge in [-0.15, -0.1) is 0 Å². The second-order valence-electron chi connectivity index (χ2n) is 4.68. The third-order valence-corrected chi connectivity index (χ3v) is 3.20. The largest absolute Gasteiger partial charge is 0.490 e. The fraction of sp³-hybridized carbons (Fsp3) is 0.467. The lowest BCUT2D eigenvalue weighted by Gasteiger charge is -2.13. The van der Waals surface area contributed by atoms with Crippen LogP contribution in [0.2, 0.25) is 0 Å². The van der Waals surface area contributed by atoms with Gasteiger partial charge in [0, 0.05) is 11.8 Å². The number of carbonyl (C=O) groups is 1. The Labute approximate surface area is 118 Å². The molecule has 1 aromatic carbocycles. The molecule has 0 spiro atoms. The maximum absolute atomic E-state index is 12.0. The zero-order valence-corrected chi connectivity index (χ0v) is 11.7. The highest BCUT2D eigenvalue weighted by Crippen LogP contribution is 2.46. The van der Waals surface area contributed by atoms with Crippen molar-refractivity contribution in [3.05, 3.63) is 18.2 Å². The average Bonchev–Trinajstić information content (AvgIpc) is 3.23. The molecule has 20 heavy (non-hydrogen) atoms.